The van der Waals surface area contributed by atoms with Gasteiger partial charge in [0, 0.05) is 31.9 Å². The zero-order valence-corrected chi connectivity index (χ0v) is 11.4. The van der Waals surface area contributed by atoms with E-state index in [1.54, 1.807) is 6.07 Å². The summed E-state index contributed by atoms with van der Waals surface area (Å²) in [4.78, 5) is 23.0. The molecule has 4 N–H and O–H groups in total. The van der Waals surface area contributed by atoms with Crippen LogP contribution in [0.15, 0.2) is 18.2 Å². The Labute approximate surface area is 116 Å². The van der Waals surface area contributed by atoms with Crippen LogP contribution < -0.4 is 15.8 Å². The van der Waals surface area contributed by atoms with E-state index in [1.165, 1.54) is 26.4 Å². The summed E-state index contributed by atoms with van der Waals surface area (Å²) in [5.74, 6) is -1.15. The molecule has 0 bridgehead atoms. The van der Waals surface area contributed by atoms with E-state index in [0.29, 0.717) is 5.75 Å². The third-order valence-corrected chi connectivity index (χ3v) is 2.72. The molecule has 1 atom stereocenters. The Balaban J connectivity index is 2.80. The Morgan fingerprint density at radius 3 is 2.60 bits per heavy atom. The molecule has 0 saturated carbocycles. The van der Waals surface area contributed by atoms with Crippen molar-refractivity contribution in [2.45, 2.75) is 12.5 Å². The molecule has 0 aliphatic carbocycles. The van der Waals surface area contributed by atoms with E-state index in [2.05, 4.69) is 5.32 Å². The molecule has 0 fully saturated rings. The molecule has 0 heterocycles. The van der Waals surface area contributed by atoms with Crippen molar-refractivity contribution in [1.82, 2.24) is 5.32 Å². The maximum atomic E-state index is 12.0. The van der Waals surface area contributed by atoms with Crippen LogP contribution in [0.25, 0.3) is 0 Å². The van der Waals surface area contributed by atoms with E-state index >= 15 is 0 Å². The molecule has 0 spiro atoms. The molecule has 0 radical (unpaired) electrons. The van der Waals surface area contributed by atoms with E-state index < -0.39 is 17.9 Å². The number of nitrogens with two attached hydrogens (primary N) is 1. The number of hydrogen-bond acceptors (Lipinski definition) is 5. The van der Waals surface area contributed by atoms with Gasteiger partial charge in [0.25, 0.3) is 5.91 Å². The summed E-state index contributed by atoms with van der Waals surface area (Å²) in [5, 5.41) is 11.4. The van der Waals surface area contributed by atoms with Gasteiger partial charge in [0.15, 0.2) is 0 Å². The van der Waals surface area contributed by atoms with Crippen LogP contribution in [0.5, 0.6) is 5.75 Å². The lowest BCUT2D eigenvalue weighted by Crippen LogP contribution is -2.41. The summed E-state index contributed by atoms with van der Waals surface area (Å²) in [7, 11) is 2.95. The van der Waals surface area contributed by atoms with Crippen molar-refractivity contribution in [3.05, 3.63) is 23.8 Å². The average molecular weight is 282 g/mol. The summed E-state index contributed by atoms with van der Waals surface area (Å²) < 4.78 is 9.79. The summed E-state index contributed by atoms with van der Waals surface area (Å²) in [6, 6.07) is 3.54. The zero-order valence-electron chi connectivity index (χ0n) is 11.4. The molecule has 1 aromatic rings. The first kappa shape index (κ1) is 15.8. The van der Waals surface area contributed by atoms with E-state index in [4.69, 9.17) is 20.3 Å². The Hall–Kier alpha value is -2.28. The van der Waals surface area contributed by atoms with Crippen LogP contribution in [0.4, 0.5) is 5.69 Å². The number of nitrogens with one attached hydrogen (secondary N) is 1. The number of carboxylic acid groups (broad SMARTS) is 1. The standard InChI is InChI=1S/C13H18N2O5/c1-19-6-5-11(13(17)18)15-12(16)9-4-3-8(20-2)7-10(9)14/h3-4,7,11H,5-6,14H2,1-2H3,(H,15,16)(H,17,18). The second-order valence-corrected chi connectivity index (χ2v) is 4.10. The van der Waals surface area contributed by atoms with Crippen molar-refractivity contribution in [3.8, 4) is 5.75 Å². The van der Waals surface area contributed by atoms with Crippen molar-refractivity contribution in [2.75, 3.05) is 26.6 Å². The largest absolute Gasteiger partial charge is 0.497 e. The number of nitrogen functional groups attached to an aromatic ring is 1. The molecule has 1 rings (SSSR count). The fourth-order valence-corrected chi connectivity index (χ4v) is 1.60. The Kier molecular flexibility index (Phi) is 5.79. The van der Waals surface area contributed by atoms with Crippen LogP contribution in [0.3, 0.4) is 0 Å². The first-order valence-electron chi connectivity index (χ1n) is 5.95. The third-order valence-electron chi connectivity index (χ3n) is 2.72. The quantitative estimate of drug-likeness (QED) is 0.628. The first-order chi connectivity index (χ1) is 9.49. The number of amides is 1. The summed E-state index contributed by atoms with van der Waals surface area (Å²) in [6.07, 6.45) is 0.174. The van der Waals surface area contributed by atoms with E-state index in [-0.39, 0.29) is 24.3 Å². The fourth-order valence-electron chi connectivity index (χ4n) is 1.60. The average Bonchev–Trinajstić information content (AvgIpc) is 2.42. The molecule has 0 aromatic heterocycles. The highest BCUT2D eigenvalue weighted by Crippen LogP contribution is 2.19. The number of rotatable bonds is 7. The second-order valence-electron chi connectivity index (χ2n) is 4.10. The molecule has 0 saturated heterocycles. The molecule has 0 aliphatic heterocycles. The monoisotopic (exact) mass is 282 g/mol. The van der Waals surface area contributed by atoms with E-state index in [1.807, 2.05) is 0 Å². The molecule has 1 aromatic carbocycles. The van der Waals surface area contributed by atoms with Gasteiger partial charge < -0.3 is 25.6 Å². The van der Waals surface area contributed by atoms with Gasteiger partial charge in [0.2, 0.25) is 0 Å². The Morgan fingerprint density at radius 1 is 1.40 bits per heavy atom. The van der Waals surface area contributed by atoms with Crippen LogP contribution in [-0.2, 0) is 9.53 Å². The van der Waals surface area contributed by atoms with Crippen LogP contribution in [0.2, 0.25) is 0 Å². The number of carbonyl (C=O) groups is 2. The lowest BCUT2D eigenvalue weighted by molar-refractivity contribution is -0.139. The highest BCUT2D eigenvalue weighted by molar-refractivity contribution is 6.01. The highest BCUT2D eigenvalue weighted by Gasteiger charge is 2.21. The van der Waals surface area contributed by atoms with Gasteiger partial charge in [-0.3, -0.25) is 4.79 Å². The van der Waals surface area contributed by atoms with Crippen molar-refractivity contribution in [2.24, 2.45) is 0 Å². The molecule has 1 amide bonds. The van der Waals surface area contributed by atoms with Crippen LogP contribution in [0, 0.1) is 0 Å². The Bertz CT molecular complexity index is 490. The van der Waals surface area contributed by atoms with Crippen LogP contribution in [0.1, 0.15) is 16.8 Å². The number of hydrogen-bond donors (Lipinski definition) is 3. The maximum absolute atomic E-state index is 12.0. The van der Waals surface area contributed by atoms with Gasteiger partial charge in [-0.1, -0.05) is 0 Å². The third kappa shape index (κ3) is 4.13. The molecule has 110 valence electrons. The number of methoxy groups -OCH3 is 2. The number of benzene rings is 1. The molecule has 20 heavy (non-hydrogen) atoms. The number of carboxylic acids is 1. The number of anilines is 1. The van der Waals surface area contributed by atoms with Gasteiger partial charge >= 0.3 is 5.97 Å². The van der Waals surface area contributed by atoms with Crippen molar-refractivity contribution in [3.63, 3.8) is 0 Å². The summed E-state index contributed by atoms with van der Waals surface area (Å²) in [6.45, 7) is 0.231. The van der Waals surface area contributed by atoms with Gasteiger partial charge in [-0.05, 0) is 12.1 Å². The number of aliphatic carboxylic acids is 1. The summed E-state index contributed by atoms with van der Waals surface area (Å²) in [5.41, 5.74) is 6.16. The highest BCUT2D eigenvalue weighted by atomic mass is 16.5. The van der Waals surface area contributed by atoms with E-state index in [9.17, 15) is 9.59 Å². The predicted molar refractivity (Wildman–Crippen MR) is 72.8 cm³/mol. The van der Waals surface area contributed by atoms with Crippen molar-refractivity contribution < 1.29 is 24.2 Å². The van der Waals surface area contributed by atoms with Gasteiger partial charge in [0.05, 0.1) is 12.7 Å². The van der Waals surface area contributed by atoms with Crippen molar-refractivity contribution >= 4 is 17.6 Å². The number of ether oxygens (including phenoxy) is 2. The van der Waals surface area contributed by atoms with Crippen LogP contribution in [-0.4, -0.2) is 43.9 Å². The van der Waals surface area contributed by atoms with Gasteiger partial charge in [0.1, 0.15) is 11.8 Å². The maximum Gasteiger partial charge on any atom is 0.326 e. The van der Waals surface area contributed by atoms with Gasteiger partial charge in [-0.2, -0.15) is 0 Å². The van der Waals surface area contributed by atoms with Crippen LogP contribution >= 0.6 is 0 Å². The topological polar surface area (TPSA) is 111 Å². The minimum atomic E-state index is -1.12. The predicted octanol–water partition coefficient (Wildman–Crippen LogP) is 0.497. The molecule has 7 nitrogen and oxygen atoms in total. The summed E-state index contributed by atoms with van der Waals surface area (Å²) >= 11 is 0. The SMILES string of the molecule is COCCC(NC(=O)c1ccc(OC)cc1N)C(=O)O. The molecular formula is C13H18N2O5. The lowest BCUT2D eigenvalue weighted by atomic mass is 10.1. The molecule has 1 unspecified atom stereocenters. The zero-order chi connectivity index (χ0) is 15.1. The smallest absolute Gasteiger partial charge is 0.326 e. The van der Waals surface area contributed by atoms with Gasteiger partial charge in [-0.15, -0.1) is 0 Å². The second kappa shape index (κ2) is 7.34. The molecule has 7 heteroatoms. The van der Waals surface area contributed by atoms with E-state index in [0.717, 1.165) is 0 Å². The van der Waals surface area contributed by atoms with Gasteiger partial charge in [-0.25, -0.2) is 4.79 Å². The first-order valence-corrected chi connectivity index (χ1v) is 5.95. The normalized spacial score (nSPS) is 11.7. The minimum Gasteiger partial charge on any atom is -0.497 e. The Morgan fingerprint density at radius 2 is 2.10 bits per heavy atom. The fraction of sp³-hybridized carbons (Fsp3) is 0.385. The van der Waals surface area contributed by atoms with Crippen molar-refractivity contribution in [1.29, 1.82) is 0 Å². The molecular weight excluding hydrogens is 264 g/mol. The number of carbonyl (C=O) groups excluding carboxylic acids is 1. The molecule has 0 aliphatic rings. The lowest BCUT2D eigenvalue weighted by Gasteiger charge is -2.15. The minimum absolute atomic E-state index is 0.174.